The van der Waals surface area contributed by atoms with Crippen LogP contribution in [0.5, 0.6) is 11.5 Å². The van der Waals surface area contributed by atoms with Crippen LogP contribution >= 0.6 is 0 Å². The average Bonchev–Trinajstić information content (AvgIpc) is 2.04. The van der Waals surface area contributed by atoms with Crippen molar-refractivity contribution in [1.82, 2.24) is 0 Å². The molecule has 0 spiro atoms. The summed E-state index contributed by atoms with van der Waals surface area (Å²) in [5.41, 5.74) is 0.919. The summed E-state index contributed by atoms with van der Waals surface area (Å²) < 4.78 is 10.1. The second-order valence-electron chi connectivity index (χ2n) is 2.19. The largest absolute Gasteiger partial charge is 1.00 e. The van der Waals surface area contributed by atoms with Crippen molar-refractivity contribution in [2.24, 2.45) is 0 Å². The van der Waals surface area contributed by atoms with Gasteiger partial charge in [-0.05, 0) is 0 Å². The molecule has 60 valence electrons. The summed E-state index contributed by atoms with van der Waals surface area (Å²) in [6.45, 7) is 3.77. The predicted molar refractivity (Wildman–Crippen MR) is 44.0 cm³/mol. The molecule has 0 atom stereocenters. The number of benzene rings is 1. The third-order valence-corrected chi connectivity index (χ3v) is 1.45. The van der Waals surface area contributed by atoms with Crippen LogP contribution in [-0.2, 0) is 0 Å². The Morgan fingerprint density at radius 2 is 1.67 bits per heavy atom. The van der Waals surface area contributed by atoms with Crippen LogP contribution in [0.1, 0.15) is 5.56 Å². The van der Waals surface area contributed by atoms with E-state index in [1.165, 1.54) is 0 Å². The minimum atomic E-state index is 0. The van der Waals surface area contributed by atoms with E-state index in [0.717, 1.165) is 17.1 Å². The van der Waals surface area contributed by atoms with Gasteiger partial charge in [0, 0.05) is 0 Å². The molecule has 0 bridgehead atoms. The van der Waals surface area contributed by atoms with Crippen LogP contribution in [0.4, 0.5) is 0 Å². The van der Waals surface area contributed by atoms with E-state index < -0.39 is 0 Å². The van der Waals surface area contributed by atoms with Crippen LogP contribution in [0.15, 0.2) is 18.2 Å². The fourth-order valence-corrected chi connectivity index (χ4v) is 0.881. The first-order valence-corrected chi connectivity index (χ1v) is 3.32. The molecule has 0 saturated carbocycles. The van der Waals surface area contributed by atoms with E-state index in [4.69, 9.17) is 9.47 Å². The summed E-state index contributed by atoms with van der Waals surface area (Å²) in [6.07, 6.45) is 0. The summed E-state index contributed by atoms with van der Waals surface area (Å²) in [5, 5.41) is 0. The van der Waals surface area contributed by atoms with Crippen LogP contribution in [0.2, 0.25) is 0 Å². The van der Waals surface area contributed by atoms with Gasteiger partial charge in [-0.1, -0.05) is 6.07 Å². The standard InChI is InChI=1S/C9H11O2.Li/c1-7-4-5-8(10-2)9(6-7)11-3;/h4-6H,1H2,2-3H3;/q-1;+1. The smallest absolute Gasteiger partial charge is 0.506 e. The Morgan fingerprint density at radius 3 is 2.17 bits per heavy atom. The molecule has 0 saturated heterocycles. The third kappa shape index (κ3) is 2.40. The van der Waals surface area contributed by atoms with Gasteiger partial charge in [0.25, 0.3) is 0 Å². The van der Waals surface area contributed by atoms with Gasteiger partial charge in [-0.25, -0.2) is 0 Å². The monoisotopic (exact) mass is 158 g/mol. The van der Waals surface area contributed by atoms with E-state index >= 15 is 0 Å². The number of rotatable bonds is 2. The molecule has 0 N–H and O–H groups in total. The predicted octanol–water partition coefficient (Wildman–Crippen LogP) is -1.11. The van der Waals surface area contributed by atoms with Crippen molar-refractivity contribution in [3.63, 3.8) is 0 Å². The molecule has 0 radical (unpaired) electrons. The average molecular weight is 158 g/mol. The van der Waals surface area contributed by atoms with Gasteiger partial charge in [-0.15, -0.1) is 6.07 Å². The van der Waals surface area contributed by atoms with Crippen molar-refractivity contribution in [2.45, 2.75) is 0 Å². The van der Waals surface area contributed by atoms with Crippen LogP contribution in [0.25, 0.3) is 0 Å². The Kier molecular flexibility index (Phi) is 4.73. The fraction of sp³-hybridized carbons (Fsp3) is 0.222. The van der Waals surface area contributed by atoms with E-state index in [9.17, 15) is 0 Å². The first-order valence-electron chi connectivity index (χ1n) is 3.32. The number of ether oxygens (including phenoxy) is 2. The van der Waals surface area contributed by atoms with E-state index in [1.54, 1.807) is 14.2 Å². The molecule has 0 aromatic heterocycles. The van der Waals surface area contributed by atoms with Crippen LogP contribution in [0, 0.1) is 6.92 Å². The van der Waals surface area contributed by atoms with Crippen molar-refractivity contribution in [3.8, 4) is 11.5 Å². The number of hydrogen-bond acceptors (Lipinski definition) is 2. The van der Waals surface area contributed by atoms with E-state index in [1.807, 2.05) is 18.2 Å². The van der Waals surface area contributed by atoms with Gasteiger partial charge in [0.05, 0.1) is 14.2 Å². The maximum Gasteiger partial charge on any atom is 1.00 e. The van der Waals surface area contributed by atoms with Gasteiger partial charge in [0.15, 0.2) is 0 Å². The van der Waals surface area contributed by atoms with E-state index in [2.05, 4.69) is 6.92 Å². The van der Waals surface area contributed by atoms with Crippen molar-refractivity contribution in [2.75, 3.05) is 14.2 Å². The molecule has 0 amide bonds. The molecule has 0 aliphatic heterocycles. The molecule has 1 rings (SSSR count). The van der Waals surface area contributed by atoms with E-state index in [0.29, 0.717) is 0 Å². The molecular weight excluding hydrogens is 147 g/mol. The van der Waals surface area contributed by atoms with E-state index in [-0.39, 0.29) is 18.9 Å². The van der Waals surface area contributed by atoms with Gasteiger partial charge >= 0.3 is 18.9 Å². The first kappa shape index (κ1) is 11.3. The Hall–Kier alpha value is -0.713. The minimum Gasteiger partial charge on any atom is -0.506 e. The molecule has 0 aliphatic rings. The molecule has 2 nitrogen and oxygen atoms in total. The Balaban J connectivity index is 0.00000121. The zero-order valence-corrected chi connectivity index (χ0v) is 7.76. The fourth-order valence-electron chi connectivity index (χ4n) is 0.881. The Morgan fingerprint density at radius 1 is 1.08 bits per heavy atom. The van der Waals surface area contributed by atoms with Crippen molar-refractivity contribution in [1.29, 1.82) is 0 Å². The normalized spacial score (nSPS) is 8.50. The van der Waals surface area contributed by atoms with Crippen molar-refractivity contribution >= 4 is 0 Å². The zero-order chi connectivity index (χ0) is 8.27. The molecule has 12 heavy (non-hydrogen) atoms. The maximum atomic E-state index is 5.05. The topological polar surface area (TPSA) is 18.5 Å². The number of methoxy groups -OCH3 is 2. The second kappa shape index (κ2) is 5.03. The van der Waals surface area contributed by atoms with Gasteiger partial charge in [0.2, 0.25) is 0 Å². The summed E-state index contributed by atoms with van der Waals surface area (Å²) >= 11 is 0. The SMILES string of the molecule is [CH2-]c1ccc(OC)c(OC)c1.[Li+]. The second-order valence-corrected chi connectivity index (χ2v) is 2.19. The first-order chi connectivity index (χ1) is 5.27. The summed E-state index contributed by atoms with van der Waals surface area (Å²) in [4.78, 5) is 0. The Bertz CT molecular complexity index is 248. The summed E-state index contributed by atoms with van der Waals surface area (Å²) in [6, 6.07) is 5.54. The molecule has 0 heterocycles. The van der Waals surface area contributed by atoms with Crippen LogP contribution < -0.4 is 28.3 Å². The number of hydrogen-bond donors (Lipinski definition) is 0. The zero-order valence-electron chi connectivity index (χ0n) is 7.76. The van der Waals surface area contributed by atoms with Crippen molar-refractivity contribution in [3.05, 3.63) is 30.7 Å². The molecule has 3 heteroatoms. The molecule has 0 unspecified atom stereocenters. The summed E-state index contributed by atoms with van der Waals surface area (Å²) in [5.74, 6) is 1.46. The molecular formula is C9H11LiO2. The molecule has 1 aromatic carbocycles. The van der Waals surface area contributed by atoms with Crippen molar-refractivity contribution < 1.29 is 28.3 Å². The molecule has 0 fully saturated rings. The van der Waals surface area contributed by atoms with Gasteiger partial charge < -0.3 is 9.47 Å². The van der Waals surface area contributed by atoms with Crippen LogP contribution in [0.3, 0.4) is 0 Å². The minimum absolute atomic E-state index is 0. The third-order valence-electron chi connectivity index (χ3n) is 1.45. The maximum absolute atomic E-state index is 5.05. The van der Waals surface area contributed by atoms with Crippen LogP contribution in [-0.4, -0.2) is 14.2 Å². The van der Waals surface area contributed by atoms with Gasteiger partial charge in [-0.3, -0.25) is 0 Å². The molecule has 1 aromatic rings. The Labute approximate surface area is 85.1 Å². The summed E-state index contributed by atoms with van der Waals surface area (Å²) in [7, 11) is 3.22. The van der Waals surface area contributed by atoms with Gasteiger partial charge in [-0.2, -0.15) is 18.6 Å². The van der Waals surface area contributed by atoms with Gasteiger partial charge in [0.1, 0.15) is 11.5 Å². The molecule has 0 aliphatic carbocycles. The quantitative estimate of drug-likeness (QED) is 0.401.